The first kappa shape index (κ1) is 18.7. The lowest BCUT2D eigenvalue weighted by atomic mass is 9.58. The molecule has 0 aromatic carbocycles. The first-order valence-corrected chi connectivity index (χ1v) is 7.05. The first-order valence-electron chi connectivity index (χ1n) is 7.05. The molecule has 4 nitrogen and oxygen atoms in total. The van der Waals surface area contributed by atoms with Crippen molar-refractivity contribution in [3.63, 3.8) is 0 Å². The summed E-state index contributed by atoms with van der Waals surface area (Å²) in [6.07, 6.45) is 3.78. The summed E-state index contributed by atoms with van der Waals surface area (Å²) in [6.45, 7) is 7.86. The third-order valence-electron chi connectivity index (χ3n) is 4.64. The average Bonchev–Trinajstić information content (AvgIpc) is 2.33. The molecule has 1 saturated carbocycles. The number of carboxylic acid groups (broad SMARTS) is 1. The van der Waals surface area contributed by atoms with Crippen molar-refractivity contribution < 1.29 is 14.6 Å². The van der Waals surface area contributed by atoms with Crippen LogP contribution in [0.4, 0.5) is 0 Å². The number of aliphatic carboxylic acids is 1. The highest BCUT2D eigenvalue weighted by Gasteiger charge is 2.54. The number of halogens is 1. The van der Waals surface area contributed by atoms with E-state index < -0.39 is 5.97 Å². The molecule has 0 saturated heterocycles. The van der Waals surface area contributed by atoms with Gasteiger partial charge in [-0.25, -0.2) is 0 Å². The molecule has 1 N–H and O–H groups in total. The van der Waals surface area contributed by atoms with Gasteiger partial charge in [0.15, 0.2) is 0 Å². The second kappa shape index (κ2) is 8.08. The second-order valence-electron chi connectivity index (χ2n) is 5.26. The summed E-state index contributed by atoms with van der Waals surface area (Å²) >= 11 is 0. The van der Waals surface area contributed by atoms with Crippen LogP contribution >= 0.6 is 12.4 Å². The number of hydrogen-bond donors (Lipinski definition) is 1. The van der Waals surface area contributed by atoms with E-state index in [9.17, 15) is 4.79 Å². The molecule has 0 aliphatic heterocycles. The van der Waals surface area contributed by atoms with Gasteiger partial charge in [-0.2, -0.15) is 0 Å². The molecule has 1 rings (SSSR count). The van der Waals surface area contributed by atoms with Crippen LogP contribution in [0.15, 0.2) is 0 Å². The van der Waals surface area contributed by atoms with Crippen LogP contribution in [-0.4, -0.2) is 48.3 Å². The summed E-state index contributed by atoms with van der Waals surface area (Å²) in [4.78, 5) is 12.9. The highest BCUT2D eigenvalue weighted by atomic mass is 35.5. The molecule has 1 aliphatic rings. The summed E-state index contributed by atoms with van der Waals surface area (Å²) in [5, 5.41) is 8.76. The van der Waals surface area contributed by atoms with Gasteiger partial charge in [-0.3, -0.25) is 4.79 Å². The largest absolute Gasteiger partial charge is 0.481 e. The molecule has 2 unspecified atom stereocenters. The zero-order valence-corrected chi connectivity index (χ0v) is 13.3. The predicted molar refractivity (Wildman–Crippen MR) is 79.0 cm³/mol. The van der Waals surface area contributed by atoms with Crippen molar-refractivity contribution in [2.45, 2.75) is 58.6 Å². The van der Waals surface area contributed by atoms with E-state index in [0.29, 0.717) is 18.7 Å². The van der Waals surface area contributed by atoms with Gasteiger partial charge < -0.3 is 14.7 Å². The monoisotopic (exact) mass is 293 g/mol. The fourth-order valence-electron chi connectivity index (χ4n) is 3.38. The van der Waals surface area contributed by atoms with E-state index in [2.05, 4.69) is 18.7 Å². The maximum Gasteiger partial charge on any atom is 0.304 e. The molecule has 0 bridgehead atoms. The van der Waals surface area contributed by atoms with Crippen molar-refractivity contribution >= 4 is 18.4 Å². The Morgan fingerprint density at radius 2 is 1.95 bits per heavy atom. The Morgan fingerprint density at radius 1 is 1.37 bits per heavy atom. The van der Waals surface area contributed by atoms with Gasteiger partial charge in [0.1, 0.15) is 0 Å². The zero-order chi connectivity index (χ0) is 13.8. The minimum Gasteiger partial charge on any atom is -0.481 e. The summed E-state index contributed by atoms with van der Waals surface area (Å²) < 4.78 is 5.84. The van der Waals surface area contributed by atoms with E-state index in [1.54, 1.807) is 0 Å². The van der Waals surface area contributed by atoms with Crippen LogP contribution in [0, 0.1) is 5.41 Å². The highest BCUT2D eigenvalue weighted by Crippen LogP contribution is 2.51. The molecule has 0 aromatic rings. The number of rotatable bonds is 8. The normalized spacial score (nSPS) is 24.7. The Hall–Kier alpha value is -0.320. The Labute approximate surface area is 122 Å². The van der Waals surface area contributed by atoms with Crippen molar-refractivity contribution in [3.05, 3.63) is 0 Å². The van der Waals surface area contributed by atoms with Crippen LogP contribution in [-0.2, 0) is 9.53 Å². The number of hydrogen-bond acceptors (Lipinski definition) is 3. The number of carbonyl (C=O) groups is 1. The van der Waals surface area contributed by atoms with Gasteiger partial charge in [0, 0.05) is 24.6 Å². The van der Waals surface area contributed by atoms with Crippen molar-refractivity contribution in [2.75, 3.05) is 20.2 Å². The third-order valence-corrected chi connectivity index (χ3v) is 4.64. The Balaban J connectivity index is 0.00000324. The van der Waals surface area contributed by atoms with E-state index in [4.69, 9.17) is 9.84 Å². The molecule has 5 heteroatoms. The maximum absolute atomic E-state index is 10.6. The van der Waals surface area contributed by atoms with Crippen LogP contribution in [0.5, 0.6) is 0 Å². The van der Waals surface area contributed by atoms with Gasteiger partial charge in [0.25, 0.3) is 0 Å². The summed E-state index contributed by atoms with van der Waals surface area (Å²) in [5.41, 5.74) is 0.212. The lowest BCUT2D eigenvalue weighted by Crippen LogP contribution is -2.63. The smallest absolute Gasteiger partial charge is 0.304 e. The fourth-order valence-corrected chi connectivity index (χ4v) is 3.38. The van der Waals surface area contributed by atoms with Crippen molar-refractivity contribution in [1.29, 1.82) is 0 Å². The molecule has 2 atom stereocenters. The zero-order valence-electron chi connectivity index (χ0n) is 12.5. The molecular formula is C14H28ClNO3. The van der Waals surface area contributed by atoms with E-state index in [0.717, 1.165) is 25.9 Å². The Bertz CT molecular complexity index is 282. The molecule has 0 aromatic heterocycles. The van der Waals surface area contributed by atoms with Crippen LogP contribution in [0.25, 0.3) is 0 Å². The average molecular weight is 294 g/mol. The SMILES string of the molecule is CCOC1CC(N(C)CCC(=O)O)C1(CC)CC.Cl. The maximum atomic E-state index is 10.6. The highest BCUT2D eigenvalue weighted by molar-refractivity contribution is 5.85. The summed E-state index contributed by atoms with van der Waals surface area (Å²) in [5.74, 6) is -0.721. The van der Waals surface area contributed by atoms with Crippen LogP contribution < -0.4 is 0 Å². The number of carboxylic acids is 1. The Kier molecular flexibility index (Phi) is 7.94. The van der Waals surface area contributed by atoms with Gasteiger partial charge >= 0.3 is 5.97 Å². The molecule has 1 fully saturated rings. The van der Waals surface area contributed by atoms with Crippen LogP contribution in [0.2, 0.25) is 0 Å². The lowest BCUT2D eigenvalue weighted by Gasteiger charge is -2.58. The van der Waals surface area contributed by atoms with Gasteiger partial charge in [0.05, 0.1) is 12.5 Å². The minimum absolute atomic E-state index is 0. The molecule has 0 radical (unpaired) electrons. The van der Waals surface area contributed by atoms with E-state index in [-0.39, 0.29) is 24.2 Å². The molecule has 0 heterocycles. The standard InChI is InChI=1S/C14H27NO3.ClH/c1-5-14(6-2)11(10-12(14)18-7-3)15(4)9-8-13(16)17;/h11-12H,5-10H2,1-4H3,(H,16,17);1H. The molecule has 114 valence electrons. The van der Waals surface area contributed by atoms with Crippen LogP contribution in [0.1, 0.15) is 46.5 Å². The quantitative estimate of drug-likeness (QED) is 0.748. The third kappa shape index (κ3) is 3.83. The Morgan fingerprint density at radius 3 is 2.37 bits per heavy atom. The van der Waals surface area contributed by atoms with Gasteiger partial charge in [-0.05, 0) is 33.2 Å². The van der Waals surface area contributed by atoms with Gasteiger partial charge in [0.2, 0.25) is 0 Å². The summed E-state index contributed by atoms with van der Waals surface area (Å²) in [7, 11) is 2.04. The first-order chi connectivity index (χ1) is 8.51. The summed E-state index contributed by atoms with van der Waals surface area (Å²) in [6, 6.07) is 0.461. The number of ether oxygens (including phenoxy) is 1. The van der Waals surface area contributed by atoms with Crippen LogP contribution in [0.3, 0.4) is 0 Å². The van der Waals surface area contributed by atoms with E-state index in [1.165, 1.54) is 0 Å². The van der Waals surface area contributed by atoms with Crippen molar-refractivity contribution in [2.24, 2.45) is 5.41 Å². The van der Waals surface area contributed by atoms with E-state index in [1.807, 2.05) is 14.0 Å². The predicted octanol–water partition coefficient (Wildman–Crippen LogP) is 2.80. The fraction of sp³-hybridized carbons (Fsp3) is 0.929. The molecule has 0 amide bonds. The second-order valence-corrected chi connectivity index (χ2v) is 5.26. The van der Waals surface area contributed by atoms with Crippen molar-refractivity contribution in [3.8, 4) is 0 Å². The molecule has 0 spiro atoms. The molecule has 19 heavy (non-hydrogen) atoms. The van der Waals surface area contributed by atoms with Gasteiger partial charge in [-0.1, -0.05) is 13.8 Å². The number of nitrogens with zero attached hydrogens (tertiary/aromatic N) is 1. The molecular weight excluding hydrogens is 266 g/mol. The van der Waals surface area contributed by atoms with Crippen molar-refractivity contribution in [1.82, 2.24) is 4.90 Å². The van der Waals surface area contributed by atoms with E-state index >= 15 is 0 Å². The topological polar surface area (TPSA) is 49.8 Å². The lowest BCUT2D eigenvalue weighted by molar-refractivity contribution is -0.168. The van der Waals surface area contributed by atoms with Gasteiger partial charge in [-0.15, -0.1) is 12.4 Å². The minimum atomic E-state index is -0.721. The molecule has 1 aliphatic carbocycles.